The van der Waals surface area contributed by atoms with Crippen molar-refractivity contribution in [2.75, 3.05) is 21.1 Å². The fourth-order valence-corrected chi connectivity index (χ4v) is 4.19. The number of hydrogen-bond acceptors (Lipinski definition) is 3. The molecular formula is C17H32N4. The highest BCUT2D eigenvalue weighted by atomic mass is 15.2. The standard InChI is InChI=1S/C17H32N4/c1-14-7-6-10-17(13-14,20(3)4)15(18-2)8-9-16-19-11-12-21(16)5/h11-12,14-15,18H,6-10,13H2,1-5H3. The average molecular weight is 292 g/mol. The Balaban J connectivity index is 2.10. The first kappa shape index (κ1) is 16.5. The highest BCUT2D eigenvalue weighted by molar-refractivity contribution is 5.03. The molecule has 120 valence electrons. The summed E-state index contributed by atoms with van der Waals surface area (Å²) in [5.41, 5.74) is 0.289. The monoisotopic (exact) mass is 292 g/mol. The molecule has 1 heterocycles. The van der Waals surface area contributed by atoms with E-state index in [9.17, 15) is 0 Å². The molecule has 0 aliphatic heterocycles. The van der Waals surface area contributed by atoms with Gasteiger partial charge in [0.1, 0.15) is 5.82 Å². The van der Waals surface area contributed by atoms with Gasteiger partial charge in [-0.1, -0.05) is 19.8 Å². The Morgan fingerprint density at radius 1 is 1.52 bits per heavy atom. The Labute approximate surface area is 129 Å². The van der Waals surface area contributed by atoms with Crippen molar-refractivity contribution in [1.29, 1.82) is 0 Å². The van der Waals surface area contributed by atoms with Gasteiger partial charge in [-0.25, -0.2) is 4.98 Å². The van der Waals surface area contributed by atoms with E-state index in [1.165, 1.54) is 31.5 Å². The van der Waals surface area contributed by atoms with Crippen LogP contribution in [-0.2, 0) is 13.5 Å². The Morgan fingerprint density at radius 2 is 2.29 bits per heavy atom. The highest BCUT2D eigenvalue weighted by Gasteiger charge is 2.42. The van der Waals surface area contributed by atoms with Crippen LogP contribution in [0.3, 0.4) is 0 Å². The van der Waals surface area contributed by atoms with Crippen LogP contribution in [-0.4, -0.2) is 47.2 Å². The molecule has 1 aromatic heterocycles. The molecule has 0 aromatic carbocycles. The van der Waals surface area contributed by atoms with Gasteiger partial charge in [0.2, 0.25) is 0 Å². The third-order valence-electron chi connectivity index (χ3n) is 5.47. The summed E-state index contributed by atoms with van der Waals surface area (Å²) in [5.74, 6) is 2.01. The first-order valence-electron chi connectivity index (χ1n) is 8.30. The molecule has 0 bridgehead atoms. The molecule has 1 fully saturated rings. The number of aromatic nitrogens is 2. The smallest absolute Gasteiger partial charge is 0.108 e. The van der Waals surface area contributed by atoms with Crippen LogP contribution in [0.4, 0.5) is 0 Å². The van der Waals surface area contributed by atoms with Gasteiger partial charge in [-0.05, 0) is 46.3 Å². The minimum atomic E-state index is 0.289. The van der Waals surface area contributed by atoms with Gasteiger partial charge in [0.25, 0.3) is 0 Å². The number of imidazole rings is 1. The molecule has 3 unspecified atom stereocenters. The van der Waals surface area contributed by atoms with Crippen LogP contribution in [0.5, 0.6) is 0 Å². The maximum atomic E-state index is 4.47. The van der Waals surface area contributed by atoms with Crippen LogP contribution in [0.25, 0.3) is 0 Å². The lowest BCUT2D eigenvalue weighted by Crippen LogP contribution is -2.60. The third-order valence-corrected chi connectivity index (χ3v) is 5.47. The van der Waals surface area contributed by atoms with E-state index < -0.39 is 0 Å². The number of hydrogen-bond donors (Lipinski definition) is 1. The fraction of sp³-hybridized carbons (Fsp3) is 0.824. The molecule has 1 saturated carbocycles. The minimum Gasteiger partial charge on any atom is -0.338 e. The minimum absolute atomic E-state index is 0.289. The number of rotatable bonds is 6. The van der Waals surface area contributed by atoms with Crippen molar-refractivity contribution in [2.45, 2.75) is 57.0 Å². The molecule has 4 nitrogen and oxygen atoms in total. The van der Waals surface area contributed by atoms with Crippen molar-refractivity contribution in [1.82, 2.24) is 19.8 Å². The summed E-state index contributed by atoms with van der Waals surface area (Å²) in [5, 5.41) is 3.62. The van der Waals surface area contributed by atoms with Crippen LogP contribution in [0.15, 0.2) is 12.4 Å². The molecule has 1 aliphatic carbocycles. The van der Waals surface area contributed by atoms with Gasteiger partial charge in [-0.3, -0.25) is 0 Å². The molecule has 0 amide bonds. The maximum absolute atomic E-state index is 4.47. The van der Waals surface area contributed by atoms with E-state index in [1.54, 1.807) is 0 Å². The van der Waals surface area contributed by atoms with Gasteiger partial charge < -0.3 is 14.8 Å². The summed E-state index contributed by atoms with van der Waals surface area (Å²) >= 11 is 0. The average Bonchev–Trinajstić information content (AvgIpc) is 2.85. The van der Waals surface area contributed by atoms with E-state index >= 15 is 0 Å². The first-order chi connectivity index (χ1) is 9.99. The zero-order valence-corrected chi connectivity index (χ0v) is 14.4. The van der Waals surface area contributed by atoms with Crippen LogP contribution in [0.1, 0.15) is 44.9 Å². The summed E-state index contributed by atoms with van der Waals surface area (Å²) in [6.07, 6.45) is 11.4. The summed E-state index contributed by atoms with van der Waals surface area (Å²) in [6, 6.07) is 0.520. The van der Waals surface area contributed by atoms with Gasteiger partial charge >= 0.3 is 0 Å². The second-order valence-electron chi connectivity index (χ2n) is 7.03. The van der Waals surface area contributed by atoms with Gasteiger partial charge in [0.15, 0.2) is 0 Å². The Hall–Kier alpha value is -0.870. The highest BCUT2D eigenvalue weighted by Crippen LogP contribution is 2.39. The van der Waals surface area contributed by atoms with E-state index in [0.717, 1.165) is 18.8 Å². The zero-order valence-electron chi connectivity index (χ0n) is 14.4. The Morgan fingerprint density at radius 3 is 2.81 bits per heavy atom. The molecular weight excluding hydrogens is 260 g/mol. The number of likely N-dealkylation sites (N-methyl/N-ethyl adjacent to an activating group) is 2. The van der Waals surface area contributed by atoms with Gasteiger partial charge in [-0.15, -0.1) is 0 Å². The molecule has 3 atom stereocenters. The second kappa shape index (κ2) is 6.93. The SMILES string of the molecule is CNC(CCc1nccn1C)C1(N(C)C)CCCC(C)C1. The lowest BCUT2D eigenvalue weighted by Gasteiger charge is -2.50. The van der Waals surface area contributed by atoms with Crippen molar-refractivity contribution in [3.05, 3.63) is 18.2 Å². The molecule has 0 saturated heterocycles. The van der Waals surface area contributed by atoms with Crippen molar-refractivity contribution < 1.29 is 0 Å². The normalized spacial score (nSPS) is 28.0. The number of nitrogens with zero attached hydrogens (tertiary/aromatic N) is 3. The first-order valence-corrected chi connectivity index (χ1v) is 8.30. The number of nitrogens with one attached hydrogen (secondary N) is 1. The van der Waals surface area contributed by atoms with Crippen molar-refractivity contribution >= 4 is 0 Å². The molecule has 0 radical (unpaired) electrons. The molecule has 1 N–H and O–H groups in total. The van der Waals surface area contributed by atoms with Crippen LogP contribution in [0, 0.1) is 5.92 Å². The summed E-state index contributed by atoms with van der Waals surface area (Å²) in [6.45, 7) is 2.41. The van der Waals surface area contributed by atoms with Gasteiger partial charge in [-0.2, -0.15) is 0 Å². The summed E-state index contributed by atoms with van der Waals surface area (Å²) in [4.78, 5) is 6.95. The van der Waals surface area contributed by atoms with Crippen LogP contribution in [0.2, 0.25) is 0 Å². The van der Waals surface area contributed by atoms with E-state index in [-0.39, 0.29) is 5.54 Å². The largest absolute Gasteiger partial charge is 0.338 e. The van der Waals surface area contributed by atoms with E-state index in [4.69, 9.17) is 0 Å². The predicted octanol–water partition coefficient (Wildman–Crippen LogP) is 2.45. The quantitative estimate of drug-likeness (QED) is 0.874. The maximum Gasteiger partial charge on any atom is 0.108 e. The van der Waals surface area contributed by atoms with Gasteiger partial charge in [0, 0.05) is 37.4 Å². The predicted molar refractivity (Wildman–Crippen MR) is 88.4 cm³/mol. The van der Waals surface area contributed by atoms with E-state index in [0.29, 0.717) is 6.04 Å². The van der Waals surface area contributed by atoms with E-state index in [1.807, 2.05) is 12.4 Å². The van der Waals surface area contributed by atoms with Crippen molar-refractivity contribution in [3.8, 4) is 0 Å². The van der Waals surface area contributed by atoms with Crippen molar-refractivity contribution in [3.63, 3.8) is 0 Å². The molecule has 4 heteroatoms. The molecule has 2 rings (SSSR count). The van der Waals surface area contributed by atoms with Crippen LogP contribution < -0.4 is 5.32 Å². The van der Waals surface area contributed by atoms with Crippen molar-refractivity contribution in [2.24, 2.45) is 13.0 Å². The fourth-order valence-electron chi connectivity index (χ4n) is 4.19. The summed E-state index contributed by atoms with van der Waals surface area (Å²) < 4.78 is 2.14. The lowest BCUT2D eigenvalue weighted by molar-refractivity contribution is 0.0368. The third kappa shape index (κ3) is 3.49. The topological polar surface area (TPSA) is 33.1 Å². The zero-order chi connectivity index (χ0) is 15.5. The molecule has 0 spiro atoms. The molecule has 1 aliphatic rings. The van der Waals surface area contributed by atoms with Crippen LogP contribution >= 0.6 is 0 Å². The second-order valence-corrected chi connectivity index (χ2v) is 7.03. The summed E-state index contributed by atoms with van der Waals surface area (Å²) in [7, 11) is 8.71. The van der Waals surface area contributed by atoms with Gasteiger partial charge in [0.05, 0.1) is 0 Å². The Kier molecular flexibility index (Phi) is 5.44. The lowest BCUT2D eigenvalue weighted by atomic mass is 9.70. The van der Waals surface area contributed by atoms with E-state index in [2.05, 4.69) is 54.9 Å². The molecule has 1 aromatic rings. The molecule has 21 heavy (non-hydrogen) atoms. The number of aryl methyl sites for hydroxylation is 2. The Bertz CT molecular complexity index is 440.